The number of carbonyl (C=O) groups excluding carboxylic acids is 2. The molecule has 0 bridgehead atoms. The fourth-order valence-corrected chi connectivity index (χ4v) is 2.82. The SMILES string of the molecule is COC(=O)C1CCCCN1C(=O)c1ccc(C)cc1Cl. The number of hydrogen-bond acceptors (Lipinski definition) is 3. The molecule has 0 N–H and O–H groups in total. The first-order valence-electron chi connectivity index (χ1n) is 6.69. The second kappa shape index (κ2) is 6.27. The molecule has 1 aromatic rings. The van der Waals surface area contributed by atoms with Crippen molar-refractivity contribution in [1.82, 2.24) is 4.90 Å². The van der Waals surface area contributed by atoms with Crippen LogP contribution in [-0.2, 0) is 9.53 Å². The van der Waals surface area contributed by atoms with E-state index in [-0.39, 0.29) is 11.9 Å². The topological polar surface area (TPSA) is 46.6 Å². The smallest absolute Gasteiger partial charge is 0.328 e. The quantitative estimate of drug-likeness (QED) is 0.788. The van der Waals surface area contributed by atoms with Gasteiger partial charge in [0.15, 0.2) is 0 Å². The Morgan fingerprint density at radius 3 is 2.75 bits per heavy atom. The summed E-state index contributed by atoms with van der Waals surface area (Å²) in [6.07, 6.45) is 2.45. The molecule has 0 radical (unpaired) electrons. The number of halogens is 1. The van der Waals surface area contributed by atoms with E-state index in [2.05, 4.69) is 0 Å². The molecule has 1 aliphatic heterocycles. The zero-order valence-corrected chi connectivity index (χ0v) is 12.4. The summed E-state index contributed by atoms with van der Waals surface area (Å²) in [6.45, 7) is 2.47. The molecular formula is C15H18ClNO3. The summed E-state index contributed by atoms with van der Waals surface area (Å²) in [5.74, 6) is -0.564. The fourth-order valence-electron chi connectivity index (χ4n) is 2.50. The predicted molar refractivity (Wildman–Crippen MR) is 76.9 cm³/mol. The average molecular weight is 296 g/mol. The van der Waals surface area contributed by atoms with Crippen molar-refractivity contribution in [3.63, 3.8) is 0 Å². The number of benzene rings is 1. The van der Waals surface area contributed by atoms with Gasteiger partial charge in [0.1, 0.15) is 6.04 Å². The van der Waals surface area contributed by atoms with Gasteiger partial charge in [0.2, 0.25) is 0 Å². The number of hydrogen-bond donors (Lipinski definition) is 0. The zero-order valence-electron chi connectivity index (χ0n) is 11.7. The molecule has 1 fully saturated rings. The highest BCUT2D eigenvalue weighted by molar-refractivity contribution is 6.34. The van der Waals surface area contributed by atoms with Gasteiger partial charge in [-0.15, -0.1) is 0 Å². The van der Waals surface area contributed by atoms with Gasteiger partial charge < -0.3 is 9.64 Å². The van der Waals surface area contributed by atoms with Crippen LogP contribution in [0.5, 0.6) is 0 Å². The van der Waals surface area contributed by atoms with Crippen molar-refractivity contribution >= 4 is 23.5 Å². The van der Waals surface area contributed by atoms with Crippen molar-refractivity contribution in [2.45, 2.75) is 32.2 Å². The van der Waals surface area contributed by atoms with E-state index in [4.69, 9.17) is 16.3 Å². The molecule has 0 saturated carbocycles. The molecule has 1 aliphatic rings. The number of carbonyl (C=O) groups is 2. The first-order chi connectivity index (χ1) is 9.54. The Bertz CT molecular complexity index is 530. The van der Waals surface area contributed by atoms with Crippen molar-refractivity contribution in [2.75, 3.05) is 13.7 Å². The Balaban J connectivity index is 2.27. The van der Waals surface area contributed by atoms with Crippen molar-refractivity contribution in [1.29, 1.82) is 0 Å². The second-order valence-electron chi connectivity index (χ2n) is 5.02. The Morgan fingerprint density at radius 2 is 2.10 bits per heavy atom. The van der Waals surface area contributed by atoms with Crippen LogP contribution < -0.4 is 0 Å². The minimum absolute atomic E-state index is 0.204. The van der Waals surface area contributed by atoms with Crippen molar-refractivity contribution in [3.8, 4) is 0 Å². The van der Waals surface area contributed by atoms with E-state index in [1.807, 2.05) is 13.0 Å². The lowest BCUT2D eigenvalue weighted by molar-refractivity contribution is -0.147. The molecule has 1 amide bonds. The molecule has 0 aromatic heterocycles. The van der Waals surface area contributed by atoms with E-state index in [0.717, 1.165) is 18.4 Å². The summed E-state index contributed by atoms with van der Waals surface area (Å²) >= 11 is 6.14. The monoisotopic (exact) mass is 295 g/mol. The third-order valence-corrected chi connectivity index (χ3v) is 3.90. The Kier molecular flexibility index (Phi) is 4.65. The normalized spacial score (nSPS) is 18.8. The van der Waals surface area contributed by atoms with Crippen LogP contribution >= 0.6 is 11.6 Å². The lowest BCUT2D eigenvalue weighted by Crippen LogP contribution is -2.48. The van der Waals surface area contributed by atoms with Crippen molar-refractivity contribution in [2.24, 2.45) is 0 Å². The molecule has 5 heteroatoms. The van der Waals surface area contributed by atoms with Crippen LogP contribution in [0.4, 0.5) is 0 Å². The maximum atomic E-state index is 12.6. The standard InChI is InChI=1S/C15H18ClNO3/c1-10-6-7-11(12(16)9-10)14(18)17-8-4-3-5-13(17)15(19)20-2/h6-7,9,13H,3-5,8H2,1-2H3. The third kappa shape index (κ3) is 2.96. The zero-order chi connectivity index (χ0) is 14.7. The summed E-state index contributed by atoms with van der Waals surface area (Å²) in [6, 6.07) is 4.81. The number of methoxy groups -OCH3 is 1. The number of nitrogens with zero attached hydrogens (tertiary/aromatic N) is 1. The number of esters is 1. The first-order valence-corrected chi connectivity index (χ1v) is 7.07. The lowest BCUT2D eigenvalue weighted by Gasteiger charge is -2.34. The highest BCUT2D eigenvalue weighted by atomic mass is 35.5. The van der Waals surface area contributed by atoms with E-state index < -0.39 is 6.04 Å². The van der Waals surface area contributed by atoms with Crippen LogP contribution in [0.2, 0.25) is 5.02 Å². The lowest BCUT2D eigenvalue weighted by atomic mass is 10.0. The minimum Gasteiger partial charge on any atom is -0.467 e. The van der Waals surface area contributed by atoms with E-state index >= 15 is 0 Å². The van der Waals surface area contributed by atoms with Crippen LogP contribution in [0.1, 0.15) is 35.2 Å². The summed E-state index contributed by atoms with van der Waals surface area (Å²) in [5, 5.41) is 0.421. The molecule has 1 unspecified atom stereocenters. The minimum atomic E-state index is -0.501. The number of aryl methyl sites for hydroxylation is 1. The van der Waals surface area contributed by atoms with Gasteiger partial charge in [0.05, 0.1) is 17.7 Å². The van der Waals surface area contributed by atoms with Gasteiger partial charge in [-0.25, -0.2) is 4.79 Å². The number of piperidine rings is 1. The Labute approximate surface area is 123 Å². The van der Waals surface area contributed by atoms with Gasteiger partial charge in [-0.05, 0) is 43.9 Å². The van der Waals surface area contributed by atoms with Gasteiger partial charge in [-0.1, -0.05) is 17.7 Å². The highest BCUT2D eigenvalue weighted by Crippen LogP contribution is 2.24. The van der Waals surface area contributed by atoms with Crippen LogP contribution in [0, 0.1) is 6.92 Å². The number of amides is 1. The highest BCUT2D eigenvalue weighted by Gasteiger charge is 2.33. The third-order valence-electron chi connectivity index (χ3n) is 3.59. The second-order valence-corrected chi connectivity index (χ2v) is 5.42. The van der Waals surface area contributed by atoms with Crippen LogP contribution in [0.25, 0.3) is 0 Å². The number of rotatable bonds is 2. The fraction of sp³-hybridized carbons (Fsp3) is 0.467. The van der Waals surface area contributed by atoms with Crippen LogP contribution in [0.3, 0.4) is 0 Å². The van der Waals surface area contributed by atoms with Crippen molar-refractivity contribution in [3.05, 3.63) is 34.3 Å². The summed E-state index contributed by atoms with van der Waals surface area (Å²) in [5.41, 5.74) is 1.43. The summed E-state index contributed by atoms with van der Waals surface area (Å²) in [7, 11) is 1.35. The van der Waals surface area contributed by atoms with E-state index in [1.165, 1.54) is 7.11 Å². The molecule has 20 heavy (non-hydrogen) atoms. The van der Waals surface area contributed by atoms with Crippen LogP contribution in [0.15, 0.2) is 18.2 Å². The summed E-state index contributed by atoms with van der Waals surface area (Å²) < 4.78 is 4.79. The average Bonchev–Trinajstić information content (AvgIpc) is 2.46. The Hall–Kier alpha value is -1.55. The maximum absolute atomic E-state index is 12.6. The molecule has 2 rings (SSSR count). The number of likely N-dealkylation sites (tertiary alicyclic amines) is 1. The molecule has 4 nitrogen and oxygen atoms in total. The number of ether oxygens (including phenoxy) is 1. The molecule has 1 aromatic carbocycles. The molecule has 0 aliphatic carbocycles. The molecular weight excluding hydrogens is 278 g/mol. The van der Waals surface area contributed by atoms with Gasteiger partial charge in [-0.2, -0.15) is 0 Å². The molecule has 1 saturated heterocycles. The van der Waals surface area contributed by atoms with Gasteiger partial charge in [0.25, 0.3) is 5.91 Å². The van der Waals surface area contributed by atoms with Gasteiger partial charge in [-0.3, -0.25) is 4.79 Å². The summed E-state index contributed by atoms with van der Waals surface area (Å²) in [4.78, 5) is 26.0. The van der Waals surface area contributed by atoms with Gasteiger partial charge >= 0.3 is 5.97 Å². The van der Waals surface area contributed by atoms with E-state index in [9.17, 15) is 9.59 Å². The van der Waals surface area contributed by atoms with Crippen LogP contribution in [-0.4, -0.2) is 36.5 Å². The first kappa shape index (κ1) is 14.9. The molecule has 1 heterocycles. The Morgan fingerprint density at radius 1 is 1.35 bits per heavy atom. The van der Waals surface area contributed by atoms with Crippen molar-refractivity contribution < 1.29 is 14.3 Å². The van der Waals surface area contributed by atoms with E-state index in [0.29, 0.717) is 23.6 Å². The van der Waals surface area contributed by atoms with E-state index in [1.54, 1.807) is 17.0 Å². The predicted octanol–water partition coefficient (Wildman–Crippen LogP) is 2.82. The van der Waals surface area contributed by atoms with Gasteiger partial charge in [0, 0.05) is 6.54 Å². The molecule has 108 valence electrons. The maximum Gasteiger partial charge on any atom is 0.328 e. The molecule has 1 atom stereocenters. The molecule has 0 spiro atoms. The largest absolute Gasteiger partial charge is 0.467 e.